The molecule has 0 unspecified atom stereocenters. The molecule has 2 rings (SSSR count). The number of quaternary nitrogens is 1. The molecular formula is C18H26N3O3+. The molecule has 1 aliphatic rings. The highest BCUT2D eigenvalue weighted by Gasteiger charge is 2.31. The topological polar surface area (TPSA) is 84.0 Å². The van der Waals surface area contributed by atoms with E-state index in [0.29, 0.717) is 30.8 Å². The molecule has 0 radical (unpaired) electrons. The fourth-order valence-corrected chi connectivity index (χ4v) is 2.73. The van der Waals surface area contributed by atoms with Gasteiger partial charge in [-0.05, 0) is 20.3 Å². The first-order valence-electron chi connectivity index (χ1n) is 8.40. The summed E-state index contributed by atoms with van der Waals surface area (Å²) in [6.07, 6.45) is 0.642. The van der Waals surface area contributed by atoms with E-state index in [1.807, 2.05) is 6.92 Å². The van der Waals surface area contributed by atoms with Gasteiger partial charge in [-0.2, -0.15) is 0 Å². The van der Waals surface area contributed by atoms with Crippen LogP contribution in [0.25, 0.3) is 0 Å². The molecular weight excluding hydrogens is 306 g/mol. The quantitative estimate of drug-likeness (QED) is 0.651. The second kappa shape index (κ2) is 8.49. The lowest BCUT2D eigenvalue weighted by Crippen LogP contribution is -2.84. The molecule has 0 aliphatic carbocycles. The Hall–Kier alpha value is -2.34. The van der Waals surface area contributed by atoms with Gasteiger partial charge in [0.15, 0.2) is 0 Å². The molecule has 0 fully saturated rings. The summed E-state index contributed by atoms with van der Waals surface area (Å²) in [5.74, 6) is -0.365. The van der Waals surface area contributed by atoms with Crippen LogP contribution in [0.5, 0.6) is 0 Å². The second-order valence-electron chi connectivity index (χ2n) is 5.85. The summed E-state index contributed by atoms with van der Waals surface area (Å²) in [6.45, 7) is 7.37. The third-order valence-corrected chi connectivity index (χ3v) is 4.00. The summed E-state index contributed by atoms with van der Waals surface area (Å²) < 4.78 is 5.15. The van der Waals surface area contributed by atoms with Crippen molar-refractivity contribution in [3.63, 3.8) is 0 Å². The molecule has 6 nitrogen and oxygen atoms in total. The number of hydrogen-bond acceptors (Lipinski definition) is 3. The molecule has 0 aromatic heterocycles. The van der Waals surface area contributed by atoms with Crippen LogP contribution >= 0.6 is 0 Å². The summed E-state index contributed by atoms with van der Waals surface area (Å²) in [6, 6.07) is 7.75. The smallest absolute Gasteiger partial charge is 0.338 e. The minimum absolute atomic E-state index is 0.270. The molecule has 0 saturated carbocycles. The number of ether oxygens (including phenoxy) is 1. The molecule has 1 heterocycles. The molecule has 1 aromatic rings. The molecule has 130 valence electrons. The third-order valence-electron chi connectivity index (χ3n) is 4.00. The number of nitrogens with one attached hydrogen (secondary N) is 2. The van der Waals surface area contributed by atoms with Gasteiger partial charge in [0, 0.05) is 5.56 Å². The van der Waals surface area contributed by atoms with E-state index < -0.39 is 0 Å². The maximum absolute atomic E-state index is 12.3. The molecule has 24 heavy (non-hydrogen) atoms. The standard InChI is InChI=1S/C18H25N3O3/c1-4-14-16(17(22)24-5-2)15(21-18(23)20-14)11-19-10-13-8-6-12(3)7-9-13/h6-9,14,19H,4-5,10-11H2,1-3H3,(H2,20,21,23)/p+1/t14-/m1/s1. The number of carbonyl (C=O) groups excluding carboxylic acids is 2. The van der Waals surface area contributed by atoms with Crippen molar-refractivity contribution >= 4 is 12.0 Å². The SMILES string of the molecule is CCOC(=O)C1=C(C[NH2+]Cc2ccc(C)cc2)NC(=O)N[C@@H]1CC. The van der Waals surface area contributed by atoms with E-state index in [1.165, 1.54) is 11.1 Å². The number of nitrogens with two attached hydrogens (primary N) is 1. The zero-order valence-corrected chi connectivity index (χ0v) is 14.5. The fourth-order valence-electron chi connectivity index (χ4n) is 2.73. The Morgan fingerprint density at radius 3 is 2.54 bits per heavy atom. The Labute approximate surface area is 142 Å². The zero-order valence-electron chi connectivity index (χ0n) is 14.5. The van der Waals surface area contributed by atoms with Crippen molar-refractivity contribution in [1.29, 1.82) is 0 Å². The maximum Gasteiger partial charge on any atom is 0.338 e. The molecule has 0 saturated heterocycles. The molecule has 4 N–H and O–H groups in total. The van der Waals surface area contributed by atoms with Gasteiger partial charge in [-0.1, -0.05) is 36.8 Å². The van der Waals surface area contributed by atoms with Gasteiger partial charge in [0.2, 0.25) is 0 Å². The lowest BCUT2D eigenvalue weighted by molar-refractivity contribution is -0.664. The minimum atomic E-state index is -0.365. The number of carbonyl (C=O) groups is 2. The summed E-state index contributed by atoms with van der Waals surface area (Å²) >= 11 is 0. The number of benzene rings is 1. The molecule has 1 aliphatic heterocycles. The van der Waals surface area contributed by atoms with Crippen LogP contribution in [-0.2, 0) is 16.1 Å². The first-order chi connectivity index (χ1) is 11.5. The lowest BCUT2D eigenvalue weighted by atomic mass is 10.00. The van der Waals surface area contributed by atoms with Crippen LogP contribution in [0.2, 0.25) is 0 Å². The molecule has 2 amide bonds. The minimum Gasteiger partial charge on any atom is -0.463 e. The number of amides is 2. The molecule has 1 aromatic carbocycles. The van der Waals surface area contributed by atoms with E-state index in [0.717, 1.165) is 6.54 Å². The van der Waals surface area contributed by atoms with Crippen molar-refractivity contribution in [2.24, 2.45) is 0 Å². The van der Waals surface area contributed by atoms with Crippen LogP contribution in [0.3, 0.4) is 0 Å². The van der Waals surface area contributed by atoms with Gasteiger partial charge >= 0.3 is 12.0 Å². The van der Waals surface area contributed by atoms with Gasteiger partial charge in [-0.25, -0.2) is 9.59 Å². The summed E-state index contributed by atoms with van der Waals surface area (Å²) in [5.41, 5.74) is 3.59. The van der Waals surface area contributed by atoms with Gasteiger partial charge in [0.1, 0.15) is 13.1 Å². The third kappa shape index (κ3) is 4.58. The van der Waals surface area contributed by atoms with Crippen LogP contribution in [-0.4, -0.2) is 31.2 Å². The number of urea groups is 1. The molecule has 0 bridgehead atoms. The first-order valence-corrected chi connectivity index (χ1v) is 8.40. The number of esters is 1. The van der Waals surface area contributed by atoms with E-state index in [2.05, 4.69) is 47.1 Å². The largest absolute Gasteiger partial charge is 0.463 e. The Balaban J connectivity index is 2.10. The van der Waals surface area contributed by atoms with Crippen molar-refractivity contribution in [1.82, 2.24) is 10.6 Å². The summed E-state index contributed by atoms with van der Waals surface area (Å²) in [7, 11) is 0. The van der Waals surface area contributed by atoms with E-state index in [4.69, 9.17) is 4.74 Å². The summed E-state index contributed by atoms with van der Waals surface area (Å²) in [4.78, 5) is 24.1. The first kappa shape index (κ1) is 18.0. The van der Waals surface area contributed by atoms with Crippen LogP contribution in [0.15, 0.2) is 35.5 Å². The van der Waals surface area contributed by atoms with Crippen LogP contribution in [0.1, 0.15) is 31.4 Å². The monoisotopic (exact) mass is 332 g/mol. The number of hydrogen-bond donors (Lipinski definition) is 3. The highest BCUT2D eigenvalue weighted by molar-refractivity contribution is 5.94. The average Bonchev–Trinajstić information content (AvgIpc) is 2.56. The van der Waals surface area contributed by atoms with Crippen LogP contribution in [0, 0.1) is 6.92 Å². The Kier molecular flexibility index (Phi) is 6.37. The van der Waals surface area contributed by atoms with Crippen molar-refractivity contribution in [3.05, 3.63) is 46.7 Å². The summed E-state index contributed by atoms with van der Waals surface area (Å²) in [5, 5.41) is 7.61. The Morgan fingerprint density at radius 1 is 1.21 bits per heavy atom. The van der Waals surface area contributed by atoms with Crippen molar-refractivity contribution in [2.75, 3.05) is 13.2 Å². The van der Waals surface area contributed by atoms with Crippen LogP contribution in [0.4, 0.5) is 4.79 Å². The van der Waals surface area contributed by atoms with Crippen molar-refractivity contribution < 1.29 is 19.6 Å². The van der Waals surface area contributed by atoms with Gasteiger partial charge in [-0.15, -0.1) is 0 Å². The van der Waals surface area contributed by atoms with Crippen LogP contribution < -0.4 is 16.0 Å². The second-order valence-corrected chi connectivity index (χ2v) is 5.85. The van der Waals surface area contributed by atoms with Gasteiger partial charge < -0.3 is 20.7 Å². The zero-order chi connectivity index (χ0) is 17.5. The predicted octanol–water partition coefficient (Wildman–Crippen LogP) is 0.967. The Morgan fingerprint density at radius 2 is 1.92 bits per heavy atom. The molecule has 6 heteroatoms. The normalized spacial score (nSPS) is 17.3. The van der Waals surface area contributed by atoms with E-state index >= 15 is 0 Å². The van der Waals surface area contributed by atoms with E-state index in [-0.39, 0.29) is 18.0 Å². The van der Waals surface area contributed by atoms with E-state index in [9.17, 15) is 9.59 Å². The number of aryl methyl sites for hydroxylation is 1. The van der Waals surface area contributed by atoms with E-state index in [1.54, 1.807) is 6.92 Å². The van der Waals surface area contributed by atoms with Gasteiger partial charge in [0.25, 0.3) is 0 Å². The van der Waals surface area contributed by atoms with Gasteiger partial charge in [-0.3, -0.25) is 0 Å². The molecule has 1 atom stereocenters. The maximum atomic E-state index is 12.3. The number of rotatable bonds is 7. The lowest BCUT2D eigenvalue weighted by Gasteiger charge is -2.27. The Bertz CT molecular complexity index is 623. The average molecular weight is 332 g/mol. The molecule has 0 spiro atoms. The van der Waals surface area contributed by atoms with Crippen molar-refractivity contribution in [2.45, 2.75) is 39.8 Å². The highest BCUT2D eigenvalue weighted by atomic mass is 16.5. The van der Waals surface area contributed by atoms with Crippen molar-refractivity contribution in [3.8, 4) is 0 Å². The fraction of sp³-hybridized carbons (Fsp3) is 0.444. The predicted molar refractivity (Wildman–Crippen MR) is 91.1 cm³/mol. The van der Waals surface area contributed by atoms with Gasteiger partial charge in [0.05, 0.1) is 23.9 Å². The highest BCUT2D eigenvalue weighted by Crippen LogP contribution is 2.16.